The molecule has 0 radical (unpaired) electrons. The highest BCUT2D eigenvalue weighted by Gasteiger charge is 2.25. The van der Waals surface area contributed by atoms with Crippen LogP contribution in [0, 0.1) is 0 Å². The summed E-state index contributed by atoms with van der Waals surface area (Å²) in [5.74, 6) is 1.22. The molecule has 1 aromatic heterocycles. The van der Waals surface area contributed by atoms with Crippen LogP contribution in [0.4, 0.5) is 0 Å². The smallest absolute Gasteiger partial charge is 0.245 e. The number of hydrogen-bond donors (Lipinski definition) is 1. The topological polar surface area (TPSA) is 50.2 Å². The fourth-order valence-electron chi connectivity index (χ4n) is 3.37. The van der Waals surface area contributed by atoms with Crippen LogP contribution in [0.1, 0.15) is 38.6 Å². The fourth-order valence-corrected chi connectivity index (χ4v) is 3.37. The molecule has 0 bridgehead atoms. The number of para-hydroxylation sites is 2. The van der Waals surface area contributed by atoms with E-state index in [1.165, 1.54) is 0 Å². The van der Waals surface area contributed by atoms with Gasteiger partial charge in [-0.25, -0.2) is 4.98 Å². The molecule has 1 N–H and O–H groups in total. The van der Waals surface area contributed by atoms with Crippen LogP contribution < -0.4 is 5.32 Å². The van der Waals surface area contributed by atoms with Gasteiger partial charge in [-0.2, -0.15) is 0 Å². The van der Waals surface area contributed by atoms with E-state index < -0.39 is 0 Å². The molecule has 3 rings (SSSR count). The minimum atomic E-state index is -0.206. The van der Waals surface area contributed by atoms with Crippen molar-refractivity contribution in [2.45, 2.75) is 39.2 Å². The second-order valence-corrected chi connectivity index (χ2v) is 6.24. The maximum Gasteiger partial charge on any atom is 0.245 e. The molecule has 140 valence electrons. The Morgan fingerprint density at radius 2 is 2.00 bits per heavy atom. The molecule has 7 heteroatoms. The van der Waals surface area contributed by atoms with Crippen molar-refractivity contribution >= 4 is 41.8 Å². The Kier molecular flexibility index (Phi) is 8.69. The Balaban J connectivity index is 0.00000156. The van der Waals surface area contributed by atoms with Gasteiger partial charge in [-0.05, 0) is 38.4 Å². The zero-order valence-corrected chi connectivity index (χ0v) is 16.5. The van der Waals surface area contributed by atoms with Crippen molar-refractivity contribution in [1.82, 2.24) is 19.8 Å². The summed E-state index contributed by atoms with van der Waals surface area (Å²) < 4.78 is 2.14. The third-order valence-corrected chi connectivity index (χ3v) is 4.54. The number of fused-ring (bicyclic) bond motifs is 1. The summed E-state index contributed by atoms with van der Waals surface area (Å²) in [4.78, 5) is 19.7. The highest BCUT2D eigenvalue weighted by Crippen LogP contribution is 2.23. The van der Waals surface area contributed by atoms with E-state index in [9.17, 15) is 4.79 Å². The minimum absolute atomic E-state index is 0. The van der Waals surface area contributed by atoms with Gasteiger partial charge in [0.25, 0.3) is 0 Å². The predicted octanol–water partition coefficient (Wildman–Crippen LogP) is 3.22. The fraction of sp³-hybridized carbons (Fsp3) is 0.556. The number of aryl methyl sites for hydroxylation is 1. The number of carbonyl (C=O) groups is 1. The second kappa shape index (κ2) is 10.00. The molecule has 1 saturated heterocycles. The van der Waals surface area contributed by atoms with Gasteiger partial charge in [0, 0.05) is 26.1 Å². The zero-order chi connectivity index (χ0) is 16.2. The SMILES string of the molecule is CCCc1nc2ccccc2n1C(C)C(=O)N1CCCNCC1.Cl.Cl. The molecule has 25 heavy (non-hydrogen) atoms. The molecule has 5 nitrogen and oxygen atoms in total. The number of benzene rings is 1. The normalized spacial score (nSPS) is 15.8. The van der Waals surface area contributed by atoms with Crippen molar-refractivity contribution in [3.8, 4) is 0 Å². The summed E-state index contributed by atoms with van der Waals surface area (Å²) in [6.45, 7) is 7.66. The maximum absolute atomic E-state index is 13.0. The third kappa shape index (κ3) is 4.66. The molecule has 0 spiro atoms. The first-order valence-electron chi connectivity index (χ1n) is 8.67. The van der Waals surface area contributed by atoms with E-state index in [2.05, 4.69) is 22.9 Å². The molecule has 1 aromatic carbocycles. The Labute approximate surface area is 162 Å². The van der Waals surface area contributed by atoms with Crippen LogP contribution in [0.5, 0.6) is 0 Å². The molecule has 2 aromatic rings. The summed E-state index contributed by atoms with van der Waals surface area (Å²) in [5, 5.41) is 3.35. The third-order valence-electron chi connectivity index (χ3n) is 4.54. The van der Waals surface area contributed by atoms with Gasteiger partial charge in [-0.1, -0.05) is 19.1 Å². The number of hydrogen-bond acceptors (Lipinski definition) is 3. The van der Waals surface area contributed by atoms with Crippen molar-refractivity contribution in [1.29, 1.82) is 0 Å². The maximum atomic E-state index is 13.0. The van der Waals surface area contributed by atoms with Gasteiger partial charge in [0.2, 0.25) is 5.91 Å². The number of nitrogens with one attached hydrogen (secondary N) is 1. The Bertz CT molecular complexity index is 681. The van der Waals surface area contributed by atoms with E-state index in [-0.39, 0.29) is 36.8 Å². The lowest BCUT2D eigenvalue weighted by atomic mass is 10.2. The van der Waals surface area contributed by atoms with Gasteiger partial charge in [-0.15, -0.1) is 24.8 Å². The van der Waals surface area contributed by atoms with Gasteiger partial charge in [0.05, 0.1) is 11.0 Å². The van der Waals surface area contributed by atoms with Crippen molar-refractivity contribution in [3.05, 3.63) is 30.1 Å². The Hall–Kier alpha value is -1.30. The second-order valence-electron chi connectivity index (χ2n) is 6.24. The number of imidazole rings is 1. The molecular formula is C18H28Cl2N4O. The van der Waals surface area contributed by atoms with E-state index in [1.807, 2.05) is 30.0 Å². The van der Waals surface area contributed by atoms with Crippen LogP contribution in [0.15, 0.2) is 24.3 Å². The van der Waals surface area contributed by atoms with Gasteiger partial charge in [0.15, 0.2) is 0 Å². The molecule has 1 unspecified atom stereocenters. The standard InChI is InChI=1S/C18H26N4O.2ClH/c1-3-7-17-20-15-8-4-5-9-16(15)22(17)14(2)18(23)21-12-6-10-19-11-13-21;;/h4-5,8-9,14,19H,3,6-7,10-13H2,1-2H3;2*1H. The minimum Gasteiger partial charge on any atom is -0.340 e. The molecular weight excluding hydrogens is 359 g/mol. The quantitative estimate of drug-likeness (QED) is 0.877. The van der Waals surface area contributed by atoms with Crippen LogP contribution in [0.25, 0.3) is 11.0 Å². The van der Waals surface area contributed by atoms with Crippen LogP contribution in [-0.4, -0.2) is 46.5 Å². The van der Waals surface area contributed by atoms with Crippen molar-refractivity contribution in [2.75, 3.05) is 26.2 Å². The number of amides is 1. The van der Waals surface area contributed by atoms with E-state index in [4.69, 9.17) is 4.98 Å². The first-order valence-corrected chi connectivity index (χ1v) is 8.67. The van der Waals surface area contributed by atoms with E-state index >= 15 is 0 Å². The molecule has 0 saturated carbocycles. The Morgan fingerprint density at radius 3 is 2.76 bits per heavy atom. The lowest BCUT2D eigenvalue weighted by Crippen LogP contribution is -2.38. The number of nitrogens with zero attached hydrogens (tertiary/aromatic N) is 3. The molecule has 1 fully saturated rings. The predicted molar refractivity (Wildman–Crippen MR) is 107 cm³/mol. The molecule has 1 aliphatic heterocycles. The van der Waals surface area contributed by atoms with E-state index in [0.717, 1.165) is 62.3 Å². The van der Waals surface area contributed by atoms with E-state index in [1.54, 1.807) is 0 Å². The summed E-state index contributed by atoms with van der Waals surface area (Å²) in [6.07, 6.45) is 2.94. The largest absolute Gasteiger partial charge is 0.340 e. The van der Waals surface area contributed by atoms with Crippen LogP contribution in [-0.2, 0) is 11.2 Å². The van der Waals surface area contributed by atoms with Gasteiger partial charge in [0.1, 0.15) is 11.9 Å². The monoisotopic (exact) mass is 386 g/mol. The first kappa shape index (κ1) is 21.7. The molecule has 1 atom stereocenters. The van der Waals surface area contributed by atoms with Crippen molar-refractivity contribution in [3.63, 3.8) is 0 Å². The van der Waals surface area contributed by atoms with Crippen LogP contribution >= 0.6 is 24.8 Å². The summed E-state index contributed by atoms with van der Waals surface area (Å²) in [5.41, 5.74) is 2.04. The Morgan fingerprint density at radius 1 is 1.24 bits per heavy atom. The lowest BCUT2D eigenvalue weighted by molar-refractivity contribution is -0.134. The number of aromatic nitrogens is 2. The molecule has 1 aliphatic rings. The van der Waals surface area contributed by atoms with Crippen molar-refractivity contribution in [2.24, 2.45) is 0 Å². The number of carbonyl (C=O) groups excluding carboxylic acids is 1. The average molecular weight is 387 g/mol. The van der Waals surface area contributed by atoms with E-state index in [0.29, 0.717) is 0 Å². The number of rotatable bonds is 4. The molecule has 1 amide bonds. The number of halogens is 2. The molecule has 0 aliphatic carbocycles. The van der Waals surface area contributed by atoms with Crippen LogP contribution in [0.2, 0.25) is 0 Å². The lowest BCUT2D eigenvalue weighted by Gasteiger charge is -2.26. The van der Waals surface area contributed by atoms with Crippen molar-refractivity contribution < 1.29 is 4.79 Å². The van der Waals surface area contributed by atoms with Crippen LogP contribution in [0.3, 0.4) is 0 Å². The van der Waals surface area contributed by atoms with Gasteiger partial charge < -0.3 is 14.8 Å². The highest BCUT2D eigenvalue weighted by molar-refractivity contribution is 5.86. The average Bonchev–Trinajstić information content (AvgIpc) is 2.74. The van der Waals surface area contributed by atoms with Gasteiger partial charge >= 0.3 is 0 Å². The zero-order valence-electron chi connectivity index (χ0n) is 14.9. The first-order chi connectivity index (χ1) is 11.2. The summed E-state index contributed by atoms with van der Waals surface area (Å²) in [7, 11) is 0. The highest BCUT2D eigenvalue weighted by atomic mass is 35.5. The molecule has 2 heterocycles. The summed E-state index contributed by atoms with van der Waals surface area (Å²) >= 11 is 0. The summed E-state index contributed by atoms with van der Waals surface area (Å²) in [6, 6.07) is 7.90. The van der Waals surface area contributed by atoms with Gasteiger partial charge in [-0.3, -0.25) is 4.79 Å².